The highest BCUT2D eigenvalue weighted by Crippen LogP contribution is 2.43. The molecule has 12 aromatic rings. The van der Waals surface area contributed by atoms with Gasteiger partial charge < -0.3 is 0 Å². The third-order valence-corrected chi connectivity index (χ3v) is 12.2. The van der Waals surface area contributed by atoms with Gasteiger partial charge in [-0.2, -0.15) is 9.97 Å². The predicted octanol–water partition coefficient (Wildman–Crippen LogP) is 13.3. The van der Waals surface area contributed by atoms with E-state index >= 15 is 0 Å². The zero-order valence-corrected chi connectivity index (χ0v) is 32.4. The summed E-state index contributed by atoms with van der Waals surface area (Å²) in [5.41, 5.74) is 11.4. The van der Waals surface area contributed by atoms with Crippen molar-refractivity contribution >= 4 is 65.2 Å². The summed E-state index contributed by atoms with van der Waals surface area (Å²) >= 11 is 1.70. The van der Waals surface area contributed by atoms with Gasteiger partial charge in [0.2, 0.25) is 5.95 Å². The maximum absolute atomic E-state index is 5.46. The number of aromatic nitrogens is 6. The molecule has 59 heavy (non-hydrogen) atoms. The molecule has 4 heterocycles. The first-order valence-electron chi connectivity index (χ1n) is 19.6. The molecule has 0 N–H and O–H groups in total. The van der Waals surface area contributed by atoms with E-state index < -0.39 is 0 Å². The molecule has 4 aromatic heterocycles. The first-order valence-corrected chi connectivity index (χ1v) is 20.5. The summed E-state index contributed by atoms with van der Waals surface area (Å²) in [5, 5.41) is 5.43. The normalized spacial score (nSPS) is 11.7. The van der Waals surface area contributed by atoms with Crippen LogP contribution in [0.25, 0.3) is 110 Å². The van der Waals surface area contributed by atoms with Gasteiger partial charge in [-0.1, -0.05) is 163 Å². The lowest BCUT2D eigenvalue weighted by molar-refractivity contribution is 0.953. The van der Waals surface area contributed by atoms with Gasteiger partial charge in [0.1, 0.15) is 0 Å². The highest BCUT2D eigenvalue weighted by Gasteiger charge is 2.24. The molecular formula is C52H32N6S. The zero-order chi connectivity index (χ0) is 38.9. The Morgan fingerprint density at radius 3 is 1.42 bits per heavy atom. The van der Waals surface area contributed by atoms with Crippen LogP contribution in [0.4, 0.5) is 0 Å². The first kappa shape index (κ1) is 33.4. The monoisotopic (exact) mass is 772 g/mol. The number of nitrogens with zero attached hydrogens (tertiary/aromatic N) is 6. The quantitative estimate of drug-likeness (QED) is 0.169. The van der Waals surface area contributed by atoms with Gasteiger partial charge in [0, 0.05) is 32.7 Å². The predicted molar refractivity (Wildman–Crippen MR) is 243 cm³/mol. The number of benzene rings is 8. The summed E-state index contributed by atoms with van der Waals surface area (Å²) in [7, 11) is 0. The Morgan fingerprint density at radius 1 is 0.339 bits per heavy atom. The van der Waals surface area contributed by atoms with Crippen molar-refractivity contribution < 1.29 is 0 Å². The Morgan fingerprint density at radius 2 is 0.814 bits per heavy atom. The van der Waals surface area contributed by atoms with Gasteiger partial charge >= 0.3 is 0 Å². The van der Waals surface area contributed by atoms with Crippen LogP contribution in [0.2, 0.25) is 0 Å². The molecule has 0 amide bonds. The van der Waals surface area contributed by atoms with E-state index in [1.807, 2.05) is 18.2 Å². The SMILES string of the molecule is c1ccc(-c2cc(-c3ccccc3)cc(-c3nc(-c4ccccc4)nc(-n4c5ccccc5c5ccc6c7ccccc7n(-c7nc8ccccc8s7)c6c54)n3)c2)cc1. The topological polar surface area (TPSA) is 61.4 Å². The smallest absolute Gasteiger partial charge is 0.238 e. The minimum Gasteiger partial charge on any atom is -0.283 e. The van der Waals surface area contributed by atoms with Gasteiger partial charge in [0.15, 0.2) is 16.8 Å². The van der Waals surface area contributed by atoms with E-state index in [4.69, 9.17) is 19.9 Å². The van der Waals surface area contributed by atoms with E-state index in [-0.39, 0.29) is 0 Å². The second-order valence-corrected chi connectivity index (χ2v) is 15.7. The molecule has 0 aliphatic carbocycles. The fraction of sp³-hybridized carbons (Fsp3) is 0. The fourth-order valence-electron chi connectivity index (χ4n) is 8.52. The van der Waals surface area contributed by atoms with E-state index in [2.05, 4.69) is 185 Å². The number of hydrogen-bond donors (Lipinski definition) is 0. The molecule has 7 heteroatoms. The van der Waals surface area contributed by atoms with Crippen LogP contribution < -0.4 is 0 Å². The largest absolute Gasteiger partial charge is 0.283 e. The van der Waals surface area contributed by atoms with Gasteiger partial charge in [-0.25, -0.2) is 9.97 Å². The van der Waals surface area contributed by atoms with Gasteiger partial charge in [0.25, 0.3) is 0 Å². The Labute approximate surface area is 343 Å². The third kappa shape index (κ3) is 5.47. The molecular weight excluding hydrogens is 741 g/mol. The maximum Gasteiger partial charge on any atom is 0.238 e. The van der Waals surface area contributed by atoms with Crippen LogP contribution in [-0.2, 0) is 0 Å². The minimum absolute atomic E-state index is 0.542. The van der Waals surface area contributed by atoms with E-state index in [1.54, 1.807) is 11.3 Å². The highest BCUT2D eigenvalue weighted by atomic mass is 32.1. The standard InChI is InChI=1S/C52H32N6S/c1-4-16-33(17-5-1)36-30-37(34-18-6-2-7-19-34)32-38(31-36)50-54-49(35-20-8-3-9-21-35)55-51(56-50)57-44-25-13-10-22-39(44)41-28-29-42-40-23-11-14-26-45(40)58(48(42)47(41)57)52-53-43-24-12-15-27-46(43)59-52/h1-32H. The second-order valence-electron chi connectivity index (χ2n) is 14.7. The maximum atomic E-state index is 5.46. The van der Waals surface area contributed by atoms with Crippen molar-refractivity contribution in [1.29, 1.82) is 0 Å². The summed E-state index contributed by atoms with van der Waals surface area (Å²) in [6.45, 7) is 0. The second kappa shape index (κ2) is 13.4. The number of para-hydroxylation sites is 3. The molecule has 0 radical (unpaired) electrons. The Bertz CT molecular complexity index is 3460. The van der Waals surface area contributed by atoms with Crippen LogP contribution in [0.5, 0.6) is 0 Å². The summed E-state index contributed by atoms with van der Waals surface area (Å²) in [4.78, 5) is 21.3. The lowest BCUT2D eigenvalue weighted by Gasteiger charge is -2.14. The van der Waals surface area contributed by atoms with Crippen LogP contribution in [0, 0.1) is 0 Å². The molecule has 0 aliphatic heterocycles. The Hall–Kier alpha value is -7.74. The summed E-state index contributed by atoms with van der Waals surface area (Å²) < 4.78 is 5.72. The summed E-state index contributed by atoms with van der Waals surface area (Å²) in [6.07, 6.45) is 0. The van der Waals surface area contributed by atoms with Crippen molar-refractivity contribution in [2.45, 2.75) is 0 Å². The van der Waals surface area contributed by atoms with Crippen molar-refractivity contribution in [2.75, 3.05) is 0 Å². The molecule has 8 aromatic carbocycles. The van der Waals surface area contributed by atoms with Gasteiger partial charge in [-0.05, 0) is 64.7 Å². The molecule has 0 unspecified atom stereocenters. The van der Waals surface area contributed by atoms with Crippen LogP contribution >= 0.6 is 11.3 Å². The fourth-order valence-corrected chi connectivity index (χ4v) is 9.51. The average Bonchev–Trinajstić information content (AvgIpc) is 4.00. The van der Waals surface area contributed by atoms with Crippen molar-refractivity contribution in [1.82, 2.24) is 29.1 Å². The third-order valence-electron chi connectivity index (χ3n) is 11.2. The Balaban J connectivity index is 1.20. The Kier molecular flexibility index (Phi) is 7.61. The number of thiazole rings is 1. The number of hydrogen-bond acceptors (Lipinski definition) is 5. The molecule has 0 atom stereocenters. The van der Waals surface area contributed by atoms with E-state index in [0.29, 0.717) is 17.6 Å². The molecule has 0 fully saturated rings. The molecule has 276 valence electrons. The van der Waals surface area contributed by atoms with E-state index in [0.717, 1.165) is 92.3 Å². The lowest BCUT2D eigenvalue weighted by atomic mass is 9.96. The molecule has 12 rings (SSSR count). The summed E-state index contributed by atoms with van der Waals surface area (Å²) in [6, 6.07) is 67.9. The molecule has 0 aliphatic rings. The molecule has 0 spiro atoms. The van der Waals surface area contributed by atoms with Gasteiger partial charge in [-0.15, -0.1) is 0 Å². The number of rotatable bonds is 6. The van der Waals surface area contributed by atoms with E-state index in [9.17, 15) is 0 Å². The van der Waals surface area contributed by atoms with Crippen LogP contribution in [0.1, 0.15) is 0 Å². The molecule has 0 saturated carbocycles. The van der Waals surface area contributed by atoms with Crippen molar-refractivity contribution in [3.8, 4) is 56.1 Å². The van der Waals surface area contributed by atoms with Crippen molar-refractivity contribution in [2.24, 2.45) is 0 Å². The summed E-state index contributed by atoms with van der Waals surface area (Å²) in [5.74, 6) is 1.73. The van der Waals surface area contributed by atoms with Crippen LogP contribution in [0.3, 0.4) is 0 Å². The molecule has 0 saturated heterocycles. The molecule has 6 nitrogen and oxygen atoms in total. The lowest BCUT2D eigenvalue weighted by Crippen LogP contribution is -2.07. The average molecular weight is 773 g/mol. The van der Waals surface area contributed by atoms with E-state index in [1.165, 1.54) is 0 Å². The van der Waals surface area contributed by atoms with Crippen molar-refractivity contribution in [3.63, 3.8) is 0 Å². The van der Waals surface area contributed by atoms with Crippen LogP contribution in [-0.4, -0.2) is 29.1 Å². The minimum atomic E-state index is 0.542. The zero-order valence-electron chi connectivity index (χ0n) is 31.6. The van der Waals surface area contributed by atoms with Crippen LogP contribution in [0.15, 0.2) is 194 Å². The van der Waals surface area contributed by atoms with Gasteiger partial charge in [-0.3, -0.25) is 9.13 Å². The first-order chi connectivity index (χ1) is 29.2. The highest BCUT2D eigenvalue weighted by molar-refractivity contribution is 7.20. The van der Waals surface area contributed by atoms with Gasteiger partial charge in [0.05, 0.1) is 32.3 Å². The molecule has 0 bridgehead atoms. The van der Waals surface area contributed by atoms with Crippen molar-refractivity contribution in [3.05, 3.63) is 194 Å². The number of fused-ring (bicyclic) bond motifs is 8.